The van der Waals surface area contributed by atoms with Crippen LogP contribution in [-0.2, 0) is 4.79 Å². The maximum absolute atomic E-state index is 13.3. The quantitative estimate of drug-likeness (QED) is 0.837. The number of nitrogens with zero attached hydrogens (tertiary/aromatic N) is 1. The van der Waals surface area contributed by atoms with Gasteiger partial charge in [0.15, 0.2) is 22.1 Å². The average Bonchev–Trinajstić information content (AvgIpc) is 3.00. The lowest BCUT2D eigenvalue weighted by atomic mass is 10.1. The van der Waals surface area contributed by atoms with Gasteiger partial charge in [-0.3, -0.25) is 9.59 Å². The van der Waals surface area contributed by atoms with Crippen LogP contribution < -0.4 is 5.32 Å². The molecule has 2 aromatic rings. The first-order valence-corrected chi connectivity index (χ1v) is 7.83. The molecule has 8 heteroatoms. The Balaban J connectivity index is 1.95. The maximum Gasteiger partial charge on any atom is 0.287 e. The largest absolute Gasteiger partial charge is 0.444 e. The van der Waals surface area contributed by atoms with Gasteiger partial charge in [0, 0.05) is 7.05 Å². The minimum absolute atomic E-state index is 0.0750. The number of nitrogens with one attached hydrogen (secondary N) is 1. The Morgan fingerprint density at radius 3 is 2.54 bits per heavy atom. The van der Waals surface area contributed by atoms with Crippen molar-refractivity contribution in [3.63, 3.8) is 0 Å². The van der Waals surface area contributed by atoms with E-state index < -0.39 is 23.6 Å². The highest BCUT2D eigenvalue weighted by Crippen LogP contribution is 2.21. The van der Waals surface area contributed by atoms with Crippen molar-refractivity contribution in [1.29, 1.82) is 0 Å². The van der Waals surface area contributed by atoms with E-state index >= 15 is 0 Å². The van der Waals surface area contributed by atoms with Crippen molar-refractivity contribution < 1.29 is 22.8 Å². The van der Waals surface area contributed by atoms with Crippen molar-refractivity contribution in [2.75, 3.05) is 13.6 Å². The van der Waals surface area contributed by atoms with Gasteiger partial charge in [0.25, 0.3) is 5.91 Å². The summed E-state index contributed by atoms with van der Waals surface area (Å²) in [6.07, 6.45) is 0. The van der Waals surface area contributed by atoms with E-state index in [0.717, 1.165) is 12.1 Å². The lowest BCUT2D eigenvalue weighted by Crippen LogP contribution is -2.39. The van der Waals surface area contributed by atoms with Crippen molar-refractivity contribution in [2.45, 2.75) is 13.0 Å². The zero-order chi connectivity index (χ0) is 17.9. The molecule has 0 aliphatic rings. The summed E-state index contributed by atoms with van der Waals surface area (Å²) in [6.45, 7) is 1.43. The van der Waals surface area contributed by atoms with E-state index in [9.17, 15) is 18.4 Å². The molecule has 0 saturated heterocycles. The summed E-state index contributed by atoms with van der Waals surface area (Å²) in [5.74, 6) is -2.76. The Hall–Kier alpha value is -2.22. The van der Waals surface area contributed by atoms with E-state index in [1.165, 1.54) is 24.1 Å². The molecule has 1 N–H and O–H groups in total. The fraction of sp³-hybridized carbons (Fsp3) is 0.250. The number of carbonyl (C=O) groups is 2. The first-order valence-electron chi connectivity index (χ1n) is 7.03. The predicted molar refractivity (Wildman–Crippen MR) is 86.3 cm³/mol. The maximum atomic E-state index is 13.3. The van der Waals surface area contributed by atoms with E-state index in [0.29, 0.717) is 10.2 Å². The number of hydrogen-bond acceptors (Lipinski definition) is 3. The van der Waals surface area contributed by atoms with E-state index in [-0.39, 0.29) is 18.2 Å². The van der Waals surface area contributed by atoms with Crippen LogP contribution in [0.3, 0.4) is 0 Å². The lowest BCUT2D eigenvalue weighted by molar-refractivity contribution is -0.130. The predicted octanol–water partition coefficient (Wildman–Crippen LogP) is 3.27. The molecular weight excluding hydrogens is 386 g/mol. The van der Waals surface area contributed by atoms with Crippen molar-refractivity contribution in [3.8, 4) is 0 Å². The topological polar surface area (TPSA) is 62.6 Å². The van der Waals surface area contributed by atoms with Gasteiger partial charge in [-0.2, -0.15) is 0 Å². The highest BCUT2D eigenvalue weighted by Gasteiger charge is 2.20. The molecule has 0 fully saturated rings. The first-order chi connectivity index (χ1) is 11.3. The molecular formula is C16H15BrF2N2O3. The van der Waals surface area contributed by atoms with Gasteiger partial charge >= 0.3 is 0 Å². The van der Waals surface area contributed by atoms with Gasteiger partial charge in [-0.15, -0.1) is 0 Å². The Morgan fingerprint density at radius 2 is 1.96 bits per heavy atom. The smallest absolute Gasteiger partial charge is 0.287 e. The van der Waals surface area contributed by atoms with Crippen LogP contribution in [0.1, 0.15) is 29.1 Å². The monoisotopic (exact) mass is 400 g/mol. The molecule has 5 nitrogen and oxygen atoms in total. The summed E-state index contributed by atoms with van der Waals surface area (Å²) in [5, 5.41) is 2.44. The fourth-order valence-electron chi connectivity index (χ4n) is 2.02. The Bertz CT molecular complexity index is 764. The summed E-state index contributed by atoms with van der Waals surface area (Å²) in [7, 11) is 1.52. The van der Waals surface area contributed by atoms with Gasteiger partial charge in [0.2, 0.25) is 5.91 Å². The van der Waals surface area contributed by atoms with Crippen molar-refractivity contribution in [1.82, 2.24) is 10.2 Å². The molecule has 128 valence electrons. The van der Waals surface area contributed by atoms with Crippen LogP contribution in [-0.4, -0.2) is 30.3 Å². The number of likely N-dealkylation sites (N-methyl/N-ethyl adjacent to an activating group) is 1. The third-order valence-corrected chi connectivity index (χ3v) is 4.02. The lowest BCUT2D eigenvalue weighted by Gasteiger charge is -2.25. The normalized spacial score (nSPS) is 11.9. The van der Waals surface area contributed by atoms with Gasteiger partial charge in [0.05, 0.1) is 12.6 Å². The standard InChI is InChI=1S/C16H15BrF2N2O3/c1-9(10-3-4-11(18)12(19)7-10)21(2)15(22)8-20-16(23)13-5-6-14(17)24-13/h3-7,9H,8H2,1-2H3,(H,20,23). The van der Waals surface area contributed by atoms with E-state index in [4.69, 9.17) is 4.42 Å². The third kappa shape index (κ3) is 4.19. The molecule has 1 aromatic carbocycles. The molecule has 0 radical (unpaired) electrons. The fourth-order valence-corrected chi connectivity index (χ4v) is 2.32. The Kier molecular flexibility index (Phi) is 5.71. The molecule has 0 bridgehead atoms. The molecule has 24 heavy (non-hydrogen) atoms. The minimum atomic E-state index is -0.975. The van der Waals surface area contributed by atoms with Gasteiger partial charge in [0.1, 0.15) is 0 Å². The number of halogens is 3. The van der Waals surface area contributed by atoms with Crippen LogP contribution >= 0.6 is 15.9 Å². The molecule has 2 amide bonds. The Morgan fingerprint density at radius 1 is 1.25 bits per heavy atom. The van der Waals surface area contributed by atoms with E-state index in [1.54, 1.807) is 13.0 Å². The summed E-state index contributed by atoms with van der Waals surface area (Å²) in [5.41, 5.74) is 0.450. The van der Waals surface area contributed by atoms with Gasteiger partial charge in [-0.1, -0.05) is 6.07 Å². The summed E-state index contributed by atoms with van der Waals surface area (Å²) >= 11 is 3.08. The van der Waals surface area contributed by atoms with E-state index in [1.807, 2.05) is 0 Å². The van der Waals surface area contributed by atoms with Crippen molar-refractivity contribution >= 4 is 27.7 Å². The first kappa shape index (κ1) is 18.1. The molecule has 0 aliphatic heterocycles. The molecule has 0 spiro atoms. The van der Waals surface area contributed by atoms with E-state index in [2.05, 4.69) is 21.2 Å². The number of carbonyl (C=O) groups excluding carboxylic acids is 2. The molecule has 1 unspecified atom stereocenters. The number of amides is 2. The zero-order valence-electron chi connectivity index (χ0n) is 13.0. The number of hydrogen-bond donors (Lipinski definition) is 1. The van der Waals surface area contributed by atoms with Crippen LogP contribution in [0.25, 0.3) is 0 Å². The van der Waals surface area contributed by atoms with Crippen LogP contribution in [0.4, 0.5) is 8.78 Å². The second-order valence-corrected chi connectivity index (χ2v) is 5.92. The zero-order valence-corrected chi connectivity index (χ0v) is 14.6. The van der Waals surface area contributed by atoms with Gasteiger partial charge in [-0.25, -0.2) is 8.78 Å². The minimum Gasteiger partial charge on any atom is -0.444 e. The second-order valence-electron chi connectivity index (χ2n) is 5.14. The van der Waals surface area contributed by atoms with Gasteiger partial charge in [-0.05, 0) is 52.7 Å². The highest BCUT2D eigenvalue weighted by atomic mass is 79.9. The summed E-state index contributed by atoms with van der Waals surface area (Å²) in [6, 6.07) is 6.01. The summed E-state index contributed by atoms with van der Waals surface area (Å²) in [4.78, 5) is 25.3. The summed E-state index contributed by atoms with van der Waals surface area (Å²) < 4.78 is 31.8. The molecule has 1 heterocycles. The van der Waals surface area contributed by atoms with Crippen LogP contribution in [0, 0.1) is 11.6 Å². The number of rotatable bonds is 5. The van der Waals surface area contributed by atoms with Gasteiger partial charge < -0.3 is 14.6 Å². The second kappa shape index (κ2) is 7.57. The van der Waals surface area contributed by atoms with Crippen molar-refractivity contribution in [2.24, 2.45) is 0 Å². The SMILES string of the molecule is CC(c1ccc(F)c(F)c1)N(C)C(=O)CNC(=O)c1ccc(Br)o1. The molecule has 0 aliphatic carbocycles. The van der Waals surface area contributed by atoms with Crippen LogP contribution in [0.5, 0.6) is 0 Å². The Labute approximate surface area is 145 Å². The van der Waals surface area contributed by atoms with Crippen LogP contribution in [0.2, 0.25) is 0 Å². The molecule has 1 atom stereocenters. The number of benzene rings is 1. The molecule has 1 aromatic heterocycles. The highest BCUT2D eigenvalue weighted by molar-refractivity contribution is 9.10. The van der Waals surface area contributed by atoms with Crippen molar-refractivity contribution in [3.05, 3.63) is 58.0 Å². The molecule has 2 rings (SSSR count). The number of furan rings is 1. The third-order valence-electron chi connectivity index (χ3n) is 3.60. The van der Waals surface area contributed by atoms with Crippen LogP contribution in [0.15, 0.2) is 39.4 Å². The molecule has 0 saturated carbocycles. The average molecular weight is 401 g/mol.